The lowest BCUT2D eigenvalue weighted by atomic mass is 9.74. The molecule has 0 aliphatic heterocycles. The van der Waals surface area contributed by atoms with E-state index >= 15 is 0 Å². The van der Waals surface area contributed by atoms with Crippen molar-refractivity contribution in [1.29, 1.82) is 0 Å². The van der Waals surface area contributed by atoms with Gasteiger partial charge in [0.25, 0.3) is 0 Å². The van der Waals surface area contributed by atoms with Gasteiger partial charge in [0.2, 0.25) is 0 Å². The molecule has 2 nitrogen and oxygen atoms in total. The van der Waals surface area contributed by atoms with Gasteiger partial charge < -0.3 is 10.4 Å². The van der Waals surface area contributed by atoms with Gasteiger partial charge in [-0.25, -0.2) is 0 Å². The van der Waals surface area contributed by atoms with E-state index in [1.54, 1.807) is 0 Å². The smallest absolute Gasteiger partial charge is 0.0581 e. The van der Waals surface area contributed by atoms with E-state index in [1.165, 1.54) is 25.7 Å². The first-order valence-electron chi connectivity index (χ1n) is 5.56. The quantitative estimate of drug-likeness (QED) is 0.618. The highest BCUT2D eigenvalue weighted by molar-refractivity contribution is 4.76. The molecule has 0 bridgehead atoms. The number of rotatable bonds is 6. The van der Waals surface area contributed by atoms with Crippen molar-refractivity contribution in [3.05, 3.63) is 0 Å². The van der Waals surface area contributed by atoms with Crippen molar-refractivity contribution in [2.45, 2.75) is 45.6 Å². The van der Waals surface area contributed by atoms with E-state index in [-0.39, 0.29) is 12.6 Å². The molecule has 0 heterocycles. The molecule has 1 fully saturated rings. The zero-order valence-electron chi connectivity index (χ0n) is 8.92. The molecule has 0 radical (unpaired) electrons. The minimum atomic E-state index is 0.250. The van der Waals surface area contributed by atoms with Crippen molar-refractivity contribution in [3.63, 3.8) is 0 Å². The molecule has 0 aromatic heterocycles. The molecule has 1 atom stereocenters. The number of aliphatic hydroxyl groups excluding tert-OH is 1. The van der Waals surface area contributed by atoms with Crippen LogP contribution in [0.15, 0.2) is 0 Å². The van der Waals surface area contributed by atoms with E-state index in [2.05, 4.69) is 12.2 Å². The predicted molar refractivity (Wildman–Crippen MR) is 55.7 cm³/mol. The minimum absolute atomic E-state index is 0.250. The van der Waals surface area contributed by atoms with Crippen LogP contribution < -0.4 is 5.32 Å². The number of hydrogen-bond acceptors (Lipinski definition) is 2. The third kappa shape index (κ3) is 4.10. The molecule has 0 saturated heterocycles. The molecule has 1 aliphatic carbocycles. The third-order valence-electron chi connectivity index (χ3n) is 3.03. The van der Waals surface area contributed by atoms with Crippen molar-refractivity contribution in [2.75, 3.05) is 13.2 Å². The Labute approximate surface area is 81.7 Å². The molecular formula is C11H23NO. The number of nitrogens with one attached hydrogen (secondary N) is 1. The van der Waals surface area contributed by atoms with Crippen LogP contribution in [-0.2, 0) is 0 Å². The molecule has 1 saturated carbocycles. The van der Waals surface area contributed by atoms with Crippen LogP contribution in [0.4, 0.5) is 0 Å². The lowest BCUT2D eigenvalue weighted by Gasteiger charge is -2.32. The Bertz CT molecular complexity index is 132. The summed E-state index contributed by atoms with van der Waals surface area (Å²) in [6.07, 6.45) is 5.52. The molecule has 0 spiro atoms. The summed E-state index contributed by atoms with van der Waals surface area (Å²) >= 11 is 0. The summed E-state index contributed by atoms with van der Waals surface area (Å²) in [4.78, 5) is 0. The molecule has 78 valence electrons. The molecule has 13 heavy (non-hydrogen) atoms. The Hall–Kier alpha value is -0.0800. The van der Waals surface area contributed by atoms with Gasteiger partial charge in [-0.2, -0.15) is 0 Å². The second-order valence-corrected chi connectivity index (χ2v) is 4.62. The van der Waals surface area contributed by atoms with Gasteiger partial charge in [-0.15, -0.1) is 0 Å². The summed E-state index contributed by atoms with van der Waals surface area (Å²) in [5, 5.41) is 12.1. The summed E-state index contributed by atoms with van der Waals surface area (Å²) in [6, 6.07) is 0.264. The summed E-state index contributed by atoms with van der Waals surface area (Å²) in [5.41, 5.74) is 0. The molecular weight excluding hydrogens is 162 g/mol. The van der Waals surface area contributed by atoms with E-state index in [9.17, 15) is 0 Å². The molecule has 2 N–H and O–H groups in total. The van der Waals surface area contributed by atoms with Crippen molar-refractivity contribution in [3.8, 4) is 0 Å². The first-order valence-corrected chi connectivity index (χ1v) is 5.56. The fourth-order valence-corrected chi connectivity index (χ4v) is 2.11. The van der Waals surface area contributed by atoms with Crippen LogP contribution in [0.1, 0.15) is 39.5 Å². The third-order valence-corrected chi connectivity index (χ3v) is 3.03. The van der Waals surface area contributed by atoms with Gasteiger partial charge in [-0.3, -0.25) is 0 Å². The largest absolute Gasteiger partial charge is 0.395 e. The summed E-state index contributed by atoms with van der Waals surface area (Å²) < 4.78 is 0. The Morgan fingerprint density at radius 2 is 2.15 bits per heavy atom. The van der Waals surface area contributed by atoms with Gasteiger partial charge in [-0.05, 0) is 51.0 Å². The Morgan fingerprint density at radius 3 is 2.69 bits per heavy atom. The van der Waals surface area contributed by atoms with Gasteiger partial charge in [0.05, 0.1) is 6.61 Å². The highest BCUT2D eigenvalue weighted by Gasteiger charge is 2.24. The maximum absolute atomic E-state index is 8.77. The van der Waals surface area contributed by atoms with Crippen LogP contribution in [0, 0.1) is 11.8 Å². The van der Waals surface area contributed by atoms with Crippen LogP contribution in [-0.4, -0.2) is 24.3 Å². The zero-order valence-corrected chi connectivity index (χ0v) is 8.92. The molecule has 1 rings (SSSR count). The predicted octanol–water partition coefficient (Wildman–Crippen LogP) is 1.78. The van der Waals surface area contributed by atoms with Gasteiger partial charge in [0.15, 0.2) is 0 Å². The lowest BCUT2D eigenvalue weighted by molar-refractivity contribution is 0.193. The monoisotopic (exact) mass is 185 g/mol. The summed E-state index contributed by atoms with van der Waals surface area (Å²) in [5.74, 6) is 1.98. The highest BCUT2D eigenvalue weighted by Crippen LogP contribution is 2.35. The van der Waals surface area contributed by atoms with Crippen molar-refractivity contribution < 1.29 is 5.11 Å². The zero-order chi connectivity index (χ0) is 9.68. The van der Waals surface area contributed by atoms with Crippen LogP contribution in [0.5, 0.6) is 0 Å². The van der Waals surface area contributed by atoms with Crippen molar-refractivity contribution >= 4 is 0 Å². The maximum atomic E-state index is 8.77. The van der Waals surface area contributed by atoms with Crippen LogP contribution in [0.3, 0.4) is 0 Å². The average molecular weight is 185 g/mol. The van der Waals surface area contributed by atoms with E-state index in [0.717, 1.165) is 18.4 Å². The molecule has 1 aliphatic rings. The molecule has 0 unspecified atom stereocenters. The lowest BCUT2D eigenvalue weighted by Crippen LogP contribution is -2.31. The van der Waals surface area contributed by atoms with Gasteiger partial charge in [0, 0.05) is 6.04 Å². The second kappa shape index (κ2) is 5.61. The Balaban J connectivity index is 1.84. The van der Waals surface area contributed by atoms with Gasteiger partial charge in [0.1, 0.15) is 0 Å². The van der Waals surface area contributed by atoms with Crippen LogP contribution >= 0.6 is 0 Å². The number of hydrogen-bond donors (Lipinski definition) is 2. The van der Waals surface area contributed by atoms with Crippen LogP contribution in [0.25, 0.3) is 0 Å². The SMILES string of the molecule is CC1CC(CCCN[C@@H](C)CO)C1. The normalized spacial score (nSPS) is 29.8. The second-order valence-electron chi connectivity index (χ2n) is 4.62. The fraction of sp³-hybridized carbons (Fsp3) is 1.00. The van der Waals surface area contributed by atoms with Crippen molar-refractivity contribution in [1.82, 2.24) is 5.32 Å². The average Bonchev–Trinajstić information content (AvgIpc) is 2.08. The van der Waals surface area contributed by atoms with E-state index in [0.29, 0.717) is 0 Å². The van der Waals surface area contributed by atoms with E-state index < -0.39 is 0 Å². The number of aliphatic hydroxyl groups is 1. The van der Waals surface area contributed by atoms with E-state index in [1.807, 2.05) is 6.92 Å². The minimum Gasteiger partial charge on any atom is -0.395 e. The fourth-order valence-electron chi connectivity index (χ4n) is 2.11. The molecule has 0 amide bonds. The molecule has 0 aromatic rings. The first kappa shape index (κ1) is 11.0. The van der Waals surface area contributed by atoms with E-state index in [4.69, 9.17) is 5.11 Å². The topological polar surface area (TPSA) is 32.3 Å². The maximum Gasteiger partial charge on any atom is 0.0581 e. The molecule has 2 heteroatoms. The summed E-state index contributed by atoms with van der Waals surface area (Å²) in [7, 11) is 0. The summed E-state index contributed by atoms with van der Waals surface area (Å²) in [6.45, 7) is 5.67. The van der Waals surface area contributed by atoms with Crippen LogP contribution in [0.2, 0.25) is 0 Å². The first-order chi connectivity index (χ1) is 6.22. The highest BCUT2D eigenvalue weighted by atomic mass is 16.3. The Kier molecular flexibility index (Phi) is 4.74. The standard InChI is InChI=1S/C11H23NO/c1-9-6-11(7-9)4-3-5-12-10(2)8-13/h9-13H,3-8H2,1-2H3/t9?,10-,11?/m0/s1. The van der Waals surface area contributed by atoms with Gasteiger partial charge in [-0.1, -0.05) is 6.92 Å². The van der Waals surface area contributed by atoms with Gasteiger partial charge >= 0.3 is 0 Å². The Morgan fingerprint density at radius 1 is 1.46 bits per heavy atom. The molecule has 0 aromatic carbocycles. The van der Waals surface area contributed by atoms with Crippen molar-refractivity contribution in [2.24, 2.45) is 11.8 Å².